The van der Waals surface area contributed by atoms with Crippen molar-refractivity contribution in [3.05, 3.63) is 65.9 Å². The van der Waals surface area contributed by atoms with Crippen molar-refractivity contribution >= 4 is 29.0 Å². The number of carboxylic acid groups (broad SMARTS) is 1. The van der Waals surface area contributed by atoms with Crippen molar-refractivity contribution in [1.82, 2.24) is 10.3 Å². The third-order valence-corrected chi connectivity index (χ3v) is 4.15. The van der Waals surface area contributed by atoms with Crippen LogP contribution in [-0.2, 0) is 9.53 Å². The van der Waals surface area contributed by atoms with Crippen molar-refractivity contribution in [2.45, 2.75) is 26.4 Å². The highest BCUT2D eigenvalue weighted by atomic mass is 16.6. The van der Waals surface area contributed by atoms with Crippen molar-refractivity contribution in [2.75, 3.05) is 7.11 Å². The standard InChI is InChI=1S/C24H24N2O6/c1-24(2,3)32-23(29)26-18(22(27)28)14-15-9-11-17-16(13-15)10-12-21(25-17)31-20-8-6-5-7-19(20)30-4/h5-14H,1-4H3,(H,26,29)(H,27,28). The Kier molecular flexibility index (Phi) is 6.63. The van der Waals surface area contributed by atoms with Crippen LogP contribution < -0.4 is 14.8 Å². The number of alkyl carbamates (subject to hydrolysis) is 1. The molecule has 8 heteroatoms. The molecule has 0 atom stereocenters. The summed E-state index contributed by atoms with van der Waals surface area (Å²) in [6, 6.07) is 16.0. The first-order chi connectivity index (χ1) is 15.1. The molecule has 0 saturated carbocycles. The molecule has 0 saturated heterocycles. The van der Waals surface area contributed by atoms with Crippen LogP contribution in [0.2, 0.25) is 0 Å². The number of carboxylic acids is 1. The largest absolute Gasteiger partial charge is 0.493 e. The van der Waals surface area contributed by atoms with Gasteiger partial charge in [0, 0.05) is 11.5 Å². The highest BCUT2D eigenvalue weighted by Gasteiger charge is 2.19. The van der Waals surface area contributed by atoms with E-state index in [1.54, 1.807) is 64.3 Å². The average Bonchev–Trinajstić information content (AvgIpc) is 2.72. The molecular weight excluding hydrogens is 412 g/mol. The van der Waals surface area contributed by atoms with E-state index in [1.807, 2.05) is 18.2 Å². The van der Waals surface area contributed by atoms with Gasteiger partial charge in [0.1, 0.15) is 11.3 Å². The normalized spacial score (nSPS) is 11.7. The van der Waals surface area contributed by atoms with Crippen molar-refractivity contribution in [2.24, 2.45) is 0 Å². The van der Waals surface area contributed by atoms with Crippen LogP contribution in [0.3, 0.4) is 0 Å². The highest BCUT2D eigenvalue weighted by Crippen LogP contribution is 2.31. The van der Waals surface area contributed by atoms with Gasteiger partial charge in [0.25, 0.3) is 0 Å². The number of hydrogen-bond donors (Lipinski definition) is 2. The first-order valence-electron chi connectivity index (χ1n) is 9.81. The summed E-state index contributed by atoms with van der Waals surface area (Å²) in [6.07, 6.45) is 0.511. The molecule has 2 aromatic carbocycles. The fourth-order valence-corrected chi connectivity index (χ4v) is 2.82. The SMILES string of the molecule is COc1ccccc1Oc1ccc2cc(C=C(NC(=O)OC(C)(C)C)C(=O)O)ccc2n1. The lowest BCUT2D eigenvalue weighted by Crippen LogP contribution is -2.34. The molecule has 0 spiro atoms. The number of methoxy groups -OCH3 is 1. The van der Waals surface area contributed by atoms with Crippen LogP contribution in [0.25, 0.3) is 17.0 Å². The number of rotatable bonds is 6. The number of amides is 1. The summed E-state index contributed by atoms with van der Waals surface area (Å²) in [4.78, 5) is 28.0. The number of fused-ring (bicyclic) bond motifs is 1. The van der Waals surface area contributed by atoms with Gasteiger partial charge in [0.05, 0.1) is 12.6 Å². The fraction of sp³-hybridized carbons (Fsp3) is 0.208. The highest BCUT2D eigenvalue weighted by molar-refractivity contribution is 5.96. The number of ether oxygens (including phenoxy) is 3. The van der Waals surface area contributed by atoms with E-state index in [1.165, 1.54) is 6.08 Å². The van der Waals surface area contributed by atoms with Gasteiger partial charge in [-0.05, 0) is 62.7 Å². The number of carbonyl (C=O) groups excluding carboxylic acids is 1. The summed E-state index contributed by atoms with van der Waals surface area (Å²) in [5.74, 6) is 0.243. The van der Waals surface area contributed by atoms with Gasteiger partial charge in [-0.25, -0.2) is 14.6 Å². The number of aromatic nitrogens is 1. The zero-order chi connectivity index (χ0) is 23.3. The first kappa shape index (κ1) is 22.6. The molecule has 3 aromatic rings. The topological polar surface area (TPSA) is 107 Å². The van der Waals surface area contributed by atoms with Gasteiger partial charge >= 0.3 is 12.1 Å². The zero-order valence-electron chi connectivity index (χ0n) is 18.2. The second-order valence-corrected chi connectivity index (χ2v) is 7.84. The van der Waals surface area contributed by atoms with E-state index in [0.29, 0.717) is 28.5 Å². The minimum absolute atomic E-state index is 0.303. The molecule has 0 aliphatic heterocycles. The fourth-order valence-electron chi connectivity index (χ4n) is 2.82. The molecule has 1 aromatic heterocycles. The van der Waals surface area contributed by atoms with E-state index in [2.05, 4.69) is 10.3 Å². The molecule has 0 fully saturated rings. The van der Waals surface area contributed by atoms with E-state index >= 15 is 0 Å². The summed E-state index contributed by atoms with van der Waals surface area (Å²) in [6.45, 7) is 5.08. The Labute approximate surface area is 185 Å². The van der Waals surface area contributed by atoms with Crippen LogP contribution in [-0.4, -0.2) is 34.9 Å². The molecule has 3 rings (SSSR count). The summed E-state index contributed by atoms with van der Waals surface area (Å²) in [7, 11) is 1.56. The van der Waals surface area contributed by atoms with Gasteiger partial charge in [0.2, 0.25) is 5.88 Å². The average molecular weight is 436 g/mol. The monoisotopic (exact) mass is 436 g/mol. The number of hydrogen-bond acceptors (Lipinski definition) is 6. The molecule has 0 unspecified atom stereocenters. The van der Waals surface area contributed by atoms with Crippen LogP contribution in [0.4, 0.5) is 4.79 Å². The molecule has 0 aliphatic carbocycles. The van der Waals surface area contributed by atoms with Gasteiger partial charge in [-0.1, -0.05) is 18.2 Å². The molecule has 1 amide bonds. The van der Waals surface area contributed by atoms with Crippen LogP contribution in [0.1, 0.15) is 26.3 Å². The van der Waals surface area contributed by atoms with Gasteiger partial charge in [-0.3, -0.25) is 5.32 Å². The van der Waals surface area contributed by atoms with Crippen molar-refractivity contribution in [1.29, 1.82) is 0 Å². The number of benzene rings is 2. The number of pyridine rings is 1. The molecule has 1 heterocycles. The van der Waals surface area contributed by atoms with Crippen molar-refractivity contribution < 1.29 is 28.9 Å². The number of nitrogens with zero attached hydrogens (tertiary/aromatic N) is 1. The minimum atomic E-state index is -1.28. The Hall–Kier alpha value is -4.07. The summed E-state index contributed by atoms with van der Waals surface area (Å²) >= 11 is 0. The summed E-state index contributed by atoms with van der Waals surface area (Å²) in [5.41, 5.74) is 0.187. The Bertz CT molecular complexity index is 1180. The second kappa shape index (κ2) is 9.38. The van der Waals surface area contributed by atoms with Gasteiger partial charge < -0.3 is 19.3 Å². The van der Waals surface area contributed by atoms with Gasteiger partial charge in [0.15, 0.2) is 11.5 Å². The molecule has 2 N–H and O–H groups in total. The molecule has 0 aliphatic rings. The maximum atomic E-state index is 11.9. The van der Waals surface area contributed by atoms with Crippen molar-refractivity contribution in [3.8, 4) is 17.4 Å². The molecule has 8 nitrogen and oxygen atoms in total. The maximum Gasteiger partial charge on any atom is 0.412 e. The lowest BCUT2D eigenvalue weighted by atomic mass is 10.1. The molecule has 32 heavy (non-hydrogen) atoms. The van der Waals surface area contributed by atoms with Crippen LogP contribution in [0, 0.1) is 0 Å². The number of carbonyl (C=O) groups is 2. The van der Waals surface area contributed by atoms with Crippen molar-refractivity contribution in [3.63, 3.8) is 0 Å². The second-order valence-electron chi connectivity index (χ2n) is 7.84. The quantitative estimate of drug-likeness (QED) is 0.525. The number of nitrogens with one attached hydrogen (secondary N) is 1. The third kappa shape index (κ3) is 5.98. The Balaban J connectivity index is 1.83. The van der Waals surface area contributed by atoms with Crippen LogP contribution in [0.5, 0.6) is 17.4 Å². The smallest absolute Gasteiger partial charge is 0.412 e. The molecule has 166 valence electrons. The molecule has 0 radical (unpaired) electrons. The van der Waals surface area contributed by atoms with E-state index in [0.717, 1.165) is 5.39 Å². The van der Waals surface area contributed by atoms with Gasteiger partial charge in [-0.2, -0.15) is 0 Å². The molecule has 0 bridgehead atoms. The molecular formula is C24H24N2O6. The summed E-state index contributed by atoms with van der Waals surface area (Å²) < 4.78 is 16.2. The van der Waals surface area contributed by atoms with Crippen LogP contribution >= 0.6 is 0 Å². The van der Waals surface area contributed by atoms with Crippen LogP contribution in [0.15, 0.2) is 60.3 Å². The first-order valence-corrected chi connectivity index (χ1v) is 9.81. The summed E-state index contributed by atoms with van der Waals surface area (Å²) in [5, 5.41) is 12.5. The minimum Gasteiger partial charge on any atom is -0.493 e. The predicted molar refractivity (Wildman–Crippen MR) is 120 cm³/mol. The maximum absolute atomic E-state index is 11.9. The van der Waals surface area contributed by atoms with E-state index in [9.17, 15) is 14.7 Å². The van der Waals surface area contributed by atoms with Gasteiger partial charge in [-0.15, -0.1) is 0 Å². The zero-order valence-corrected chi connectivity index (χ0v) is 18.2. The van der Waals surface area contributed by atoms with E-state index in [-0.39, 0.29) is 5.70 Å². The number of para-hydroxylation sites is 2. The van der Waals surface area contributed by atoms with E-state index < -0.39 is 17.7 Å². The Morgan fingerprint density at radius 1 is 1.03 bits per heavy atom. The Morgan fingerprint density at radius 2 is 1.75 bits per heavy atom. The lowest BCUT2D eigenvalue weighted by Gasteiger charge is -2.19. The predicted octanol–water partition coefficient (Wildman–Crippen LogP) is 4.99. The Morgan fingerprint density at radius 3 is 2.41 bits per heavy atom. The van der Waals surface area contributed by atoms with E-state index in [4.69, 9.17) is 14.2 Å². The number of aliphatic carboxylic acids is 1. The third-order valence-electron chi connectivity index (χ3n) is 4.15. The lowest BCUT2D eigenvalue weighted by molar-refractivity contribution is -0.133.